The summed E-state index contributed by atoms with van der Waals surface area (Å²) in [5, 5.41) is 3.01. The van der Waals surface area contributed by atoms with Gasteiger partial charge in [0.05, 0.1) is 0 Å². The van der Waals surface area contributed by atoms with Gasteiger partial charge in [-0.15, -0.1) is 0 Å². The molecule has 1 aliphatic rings. The van der Waals surface area contributed by atoms with Crippen molar-refractivity contribution in [2.24, 2.45) is 0 Å². The number of nitrogens with zero attached hydrogens (tertiary/aromatic N) is 2. The highest BCUT2D eigenvalue weighted by atomic mass is 16.2. The molecule has 0 aliphatic carbocycles. The maximum absolute atomic E-state index is 13.4. The lowest BCUT2D eigenvalue weighted by molar-refractivity contribution is -0.695. The van der Waals surface area contributed by atoms with Crippen molar-refractivity contribution in [3.63, 3.8) is 0 Å². The number of carbonyl (C=O) groups excluding carboxylic acids is 2. The molecule has 5 heteroatoms. The van der Waals surface area contributed by atoms with Crippen LogP contribution in [0.1, 0.15) is 22.9 Å². The molecule has 1 aliphatic heterocycles. The molecule has 28 heavy (non-hydrogen) atoms. The Hall–Kier alpha value is -3.47. The van der Waals surface area contributed by atoms with Gasteiger partial charge in [-0.1, -0.05) is 42.0 Å². The smallest absolute Gasteiger partial charge is 0.294 e. The Bertz CT molecular complexity index is 1040. The summed E-state index contributed by atoms with van der Waals surface area (Å²) in [6.45, 7) is 4.15. The van der Waals surface area contributed by atoms with E-state index < -0.39 is 6.04 Å². The van der Waals surface area contributed by atoms with Crippen molar-refractivity contribution >= 4 is 23.2 Å². The largest absolute Gasteiger partial charge is 0.324 e. The van der Waals surface area contributed by atoms with Crippen LogP contribution >= 0.6 is 0 Å². The van der Waals surface area contributed by atoms with Crippen molar-refractivity contribution in [1.29, 1.82) is 0 Å². The Balaban J connectivity index is 1.78. The minimum atomic E-state index is -0.746. The number of hydrogen-bond donors (Lipinski definition) is 1. The van der Waals surface area contributed by atoms with E-state index in [0.717, 1.165) is 28.2 Å². The first-order valence-electron chi connectivity index (χ1n) is 9.28. The highest BCUT2D eigenvalue weighted by molar-refractivity contribution is 6.05. The molecule has 2 heterocycles. The number of aromatic nitrogens is 1. The van der Waals surface area contributed by atoms with Gasteiger partial charge >= 0.3 is 0 Å². The van der Waals surface area contributed by atoms with Crippen LogP contribution in [0.15, 0.2) is 72.9 Å². The fraction of sp³-hybridized carbons (Fsp3) is 0.174. The van der Waals surface area contributed by atoms with Crippen molar-refractivity contribution in [3.8, 4) is 0 Å². The summed E-state index contributed by atoms with van der Waals surface area (Å²) < 4.78 is 1.84. The minimum absolute atomic E-state index is 0.113. The van der Waals surface area contributed by atoms with Crippen LogP contribution in [0.5, 0.6) is 0 Å². The van der Waals surface area contributed by atoms with Gasteiger partial charge in [0.1, 0.15) is 0 Å². The molecule has 2 aromatic carbocycles. The SMILES string of the molecule is Cc1ccc(N2C(=O)C[n+]3ccccc3C2C(=O)Nc2ccccc2C)cc1. The average molecular weight is 372 g/mol. The predicted molar refractivity (Wildman–Crippen MR) is 108 cm³/mol. The molecule has 1 aromatic heterocycles. The lowest BCUT2D eigenvalue weighted by Gasteiger charge is -2.32. The Morgan fingerprint density at radius 2 is 1.71 bits per heavy atom. The number of rotatable bonds is 3. The quantitative estimate of drug-likeness (QED) is 0.717. The third-order valence-electron chi connectivity index (χ3n) is 5.05. The van der Waals surface area contributed by atoms with Crippen LogP contribution in [0, 0.1) is 13.8 Å². The van der Waals surface area contributed by atoms with Crippen LogP contribution in [-0.4, -0.2) is 11.8 Å². The second-order valence-electron chi connectivity index (χ2n) is 7.06. The van der Waals surface area contributed by atoms with E-state index in [0.29, 0.717) is 0 Å². The number of hydrogen-bond acceptors (Lipinski definition) is 2. The van der Waals surface area contributed by atoms with E-state index >= 15 is 0 Å². The molecule has 1 N–H and O–H groups in total. The lowest BCUT2D eigenvalue weighted by Crippen LogP contribution is -2.58. The summed E-state index contributed by atoms with van der Waals surface area (Å²) >= 11 is 0. The molecule has 0 radical (unpaired) electrons. The maximum atomic E-state index is 13.4. The normalized spacial score (nSPS) is 15.9. The fourth-order valence-corrected chi connectivity index (χ4v) is 3.54. The van der Waals surface area contributed by atoms with E-state index in [1.165, 1.54) is 0 Å². The van der Waals surface area contributed by atoms with Gasteiger partial charge in [0.15, 0.2) is 6.20 Å². The maximum Gasteiger partial charge on any atom is 0.294 e. The van der Waals surface area contributed by atoms with Gasteiger partial charge in [0, 0.05) is 23.5 Å². The molecule has 0 saturated heterocycles. The Kier molecular flexibility index (Phi) is 4.65. The molecular weight excluding hydrogens is 350 g/mol. The van der Waals surface area contributed by atoms with Gasteiger partial charge in [0.2, 0.25) is 18.3 Å². The molecule has 0 fully saturated rings. The van der Waals surface area contributed by atoms with E-state index in [-0.39, 0.29) is 18.4 Å². The average Bonchev–Trinajstić information content (AvgIpc) is 2.69. The van der Waals surface area contributed by atoms with E-state index in [2.05, 4.69) is 5.32 Å². The summed E-state index contributed by atoms with van der Waals surface area (Å²) in [6, 6.07) is 20.2. The van der Waals surface area contributed by atoms with Crippen LogP contribution in [0.3, 0.4) is 0 Å². The summed E-state index contributed by atoms with van der Waals surface area (Å²) in [7, 11) is 0. The van der Waals surface area contributed by atoms with Crippen LogP contribution < -0.4 is 14.8 Å². The monoisotopic (exact) mass is 372 g/mol. The molecule has 0 spiro atoms. The van der Waals surface area contributed by atoms with E-state index in [1.807, 2.05) is 91.3 Å². The zero-order chi connectivity index (χ0) is 19.7. The Morgan fingerprint density at radius 1 is 1.00 bits per heavy atom. The third kappa shape index (κ3) is 3.27. The Morgan fingerprint density at radius 3 is 2.46 bits per heavy atom. The number of fused-ring (bicyclic) bond motifs is 1. The van der Waals surface area contributed by atoms with E-state index in [4.69, 9.17) is 0 Å². The fourth-order valence-electron chi connectivity index (χ4n) is 3.54. The topological polar surface area (TPSA) is 53.3 Å². The molecule has 3 aromatic rings. The second kappa shape index (κ2) is 7.27. The molecule has 1 unspecified atom stereocenters. The first kappa shape index (κ1) is 17.9. The van der Waals surface area contributed by atoms with Crippen LogP contribution in [0.4, 0.5) is 11.4 Å². The molecule has 0 saturated carbocycles. The molecule has 4 rings (SSSR count). The zero-order valence-corrected chi connectivity index (χ0v) is 15.9. The van der Waals surface area contributed by atoms with Crippen molar-refractivity contribution in [2.75, 3.05) is 10.2 Å². The van der Waals surface area contributed by atoms with E-state index in [9.17, 15) is 9.59 Å². The van der Waals surface area contributed by atoms with E-state index in [1.54, 1.807) is 4.90 Å². The number of para-hydroxylation sites is 1. The first-order chi connectivity index (χ1) is 13.5. The van der Waals surface area contributed by atoms with Gasteiger partial charge in [-0.3, -0.25) is 14.5 Å². The van der Waals surface area contributed by atoms with Crippen LogP contribution in [0.2, 0.25) is 0 Å². The number of amides is 2. The third-order valence-corrected chi connectivity index (χ3v) is 5.05. The summed E-state index contributed by atoms with van der Waals surface area (Å²) in [5.41, 5.74) is 4.32. The second-order valence-corrected chi connectivity index (χ2v) is 7.06. The summed E-state index contributed by atoms with van der Waals surface area (Å²) in [5.74, 6) is -0.347. The number of benzene rings is 2. The molecule has 2 amide bonds. The predicted octanol–water partition coefficient (Wildman–Crippen LogP) is 3.32. The standard InChI is InChI=1S/C23H21N3O2/c1-16-10-12-18(13-11-16)26-21(27)15-25-14-6-5-9-20(25)22(26)23(28)24-19-8-4-3-7-17(19)2/h3-14,22H,15H2,1-2H3/p+1. The number of nitrogens with one attached hydrogen (secondary N) is 1. The minimum Gasteiger partial charge on any atom is -0.324 e. The number of anilines is 2. The molecule has 0 bridgehead atoms. The summed E-state index contributed by atoms with van der Waals surface area (Å²) in [6.07, 6.45) is 1.84. The first-order valence-corrected chi connectivity index (χ1v) is 9.28. The highest BCUT2D eigenvalue weighted by Gasteiger charge is 2.43. The highest BCUT2D eigenvalue weighted by Crippen LogP contribution is 2.30. The zero-order valence-electron chi connectivity index (χ0n) is 15.9. The van der Waals surface area contributed by atoms with Crippen molar-refractivity contribution in [2.45, 2.75) is 26.4 Å². The number of pyridine rings is 1. The van der Waals surface area contributed by atoms with Crippen LogP contribution in [0.25, 0.3) is 0 Å². The van der Waals surface area contributed by atoms with Gasteiger partial charge in [-0.25, -0.2) is 0 Å². The molecular formula is C23H22N3O2+. The summed E-state index contributed by atoms with van der Waals surface area (Å²) in [4.78, 5) is 28.0. The van der Waals surface area contributed by atoms with Gasteiger partial charge in [-0.05, 0) is 37.6 Å². The Labute approximate surface area is 164 Å². The van der Waals surface area contributed by atoms with Crippen LogP contribution in [-0.2, 0) is 16.1 Å². The van der Waals surface area contributed by atoms with Crippen molar-refractivity contribution in [3.05, 3.63) is 89.7 Å². The number of aryl methyl sites for hydroxylation is 2. The van der Waals surface area contributed by atoms with Crippen molar-refractivity contribution < 1.29 is 14.2 Å². The van der Waals surface area contributed by atoms with Gasteiger partial charge in [-0.2, -0.15) is 4.57 Å². The molecule has 140 valence electrons. The lowest BCUT2D eigenvalue weighted by atomic mass is 10.0. The number of carbonyl (C=O) groups is 2. The van der Waals surface area contributed by atoms with Gasteiger partial charge < -0.3 is 5.32 Å². The molecule has 1 atom stereocenters. The van der Waals surface area contributed by atoms with Gasteiger partial charge in [0.25, 0.3) is 11.8 Å². The van der Waals surface area contributed by atoms with Crippen molar-refractivity contribution in [1.82, 2.24) is 0 Å². The molecule has 5 nitrogen and oxygen atoms in total.